The second-order valence-electron chi connectivity index (χ2n) is 2.91. The first kappa shape index (κ1) is 13.4. The van der Waals surface area contributed by atoms with Crippen molar-refractivity contribution in [2.75, 3.05) is 6.54 Å². The molecule has 1 atom stereocenters. The van der Waals surface area contributed by atoms with Crippen LogP contribution in [0.4, 0.5) is 0 Å². The van der Waals surface area contributed by atoms with Crippen LogP contribution in [0.2, 0.25) is 0 Å². The minimum absolute atomic E-state index is 0.107. The molecular weight excluding hydrogens is 254 g/mol. The van der Waals surface area contributed by atoms with Gasteiger partial charge in [0.1, 0.15) is 6.04 Å². The Bertz CT molecular complexity index is 210. The smallest absolute Gasteiger partial charge is 0.321 e. The van der Waals surface area contributed by atoms with E-state index in [1.165, 1.54) is 3.93 Å². The standard InChI is InChI=1S/C8H14BrNO4/c1-2-5-10(9)6(8(13)14)3-4-7(11)12/h6H,2-5H2,1H3,(H,11,12)(H,13,14). The van der Waals surface area contributed by atoms with E-state index in [0.29, 0.717) is 6.54 Å². The summed E-state index contributed by atoms with van der Waals surface area (Å²) in [4.78, 5) is 21.0. The highest BCUT2D eigenvalue weighted by Gasteiger charge is 2.23. The van der Waals surface area contributed by atoms with Gasteiger partial charge in [-0.15, -0.1) is 0 Å². The fourth-order valence-electron chi connectivity index (χ4n) is 1.01. The van der Waals surface area contributed by atoms with Crippen molar-refractivity contribution in [3.63, 3.8) is 0 Å². The molecule has 0 aromatic carbocycles. The summed E-state index contributed by atoms with van der Waals surface area (Å²) in [5.74, 6) is -1.98. The Balaban J connectivity index is 4.14. The molecular formula is C8H14BrNO4. The van der Waals surface area contributed by atoms with Crippen LogP contribution in [-0.2, 0) is 9.59 Å². The van der Waals surface area contributed by atoms with Crippen LogP contribution in [0.5, 0.6) is 0 Å². The zero-order valence-corrected chi connectivity index (χ0v) is 9.53. The van der Waals surface area contributed by atoms with Crippen molar-refractivity contribution in [2.24, 2.45) is 0 Å². The summed E-state index contributed by atoms with van der Waals surface area (Å²) >= 11 is 3.11. The molecule has 0 aromatic rings. The molecule has 0 fully saturated rings. The molecule has 6 heteroatoms. The molecule has 5 nitrogen and oxygen atoms in total. The molecule has 0 bridgehead atoms. The van der Waals surface area contributed by atoms with Gasteiger partial charge < -0.3 is 10.2 Å². The molecule has 0 heterocycles. The third kappa shape index (κ3) is 5.18. The highest BCUT2D eigenvalue weighted by molar-refractivity contribution is 9.07. The highest BCUT2D eigenvalue weighted by Crippen LogP contribution is 2.12. The predicted octanol–water partition coefficient (Wildman–Crippen LogP) is 1.33. The van der Waals surface area contributed by atoms with Crippen molar-refractivity contribution in [3.8, 4) is 0 Å². The number of carboxylic acids is 2. The normalized spacial score (nSPS) is 12.8. The second kappa shape index (κ2) is 6.78. The van der Waals surface area contributed by atoms with Gasteiger partial charge in [0.2, 0.25) is 0 Å². The van der Waals surface area contributed by atoms with E-state index in [1.807, 2.05) is 6.92 Å². The predicted molar refractivity (Wildman–Crippen MR) is 54.2 cm³/mol. The summed E-state index contributed by atoms with van der Waals surface area (Å²) in [7, 11) is 0. The van der Waals surface area contributed by atoms with Crippen LogP contribution in [-0.4, -0.2) is 38.7 Å². The molecule has 0 aliphatic rings. The Morgan fingerprint density at radius 1 is 1.43 bits per heavy atom. The lowest BCUT2D eigenvalue weighted by atomic mass is 10.1. The first-order valence-corrected chi connectivity index (χ1v) is 5.07. The summed E-state index contributed by atoms with van der Waals surface area (Å²) in [6.45, 7) is 2.50. The Labute approximate surface area is 91.0 Å². The molecule has 14 heavy (non-hydrogen) atoms. The second-order valence-corrected chi connectivity index (χ2v) is 3.82. The van der Waals surface area contributed by atoms with Gasteiger partial charge in [-0.25, -0.2) is 3.93 Å². The van der Waals surface area contributed by atoms with Crippen molar-refractivity contribution in [1.29, 1.82) is 0 Å². The summed E-state index contributed by atoms with van der Waals surface area (Å²) in [5, 5.41) is 17.2. The lowest BCUT2D eigenvalue weighted by Gasteiger charge is -2.20. The maximum atomic E-state index is 10.8. The quantitative estimate of drug-likeness (QED) is 0.681. The average molecular weight is 268 g/mol. The topological polar surface area (TPSA) is 77.8 Å². The third-order valence-corrected chi connectivity index (χ3v) is 2.54. The molecule has 0 aromatic heterocycles. The van der Waals surface area contributed by atoms with E-state index in [9.17, 15) is 9.59 Å². The van der Waals surface area contributed by atoms with Gasteiger partial charge in [0.15, 0.2) is 0 Å². The molecule has 0 saturated carbocycles. The molecule has 0 aliphatic carbocycles. The van der Waals surface area contributed by atoms with E-state index in [0.717, 1.165) is 6.42 Å². The SMILES string of the molecule is CCCN(Br)C(CCC(=O)O)C(=O)O. The van der Waals surface area contributed by atoms with E-state index < -0.39 is 18.0 Å². The molecule has 1 unspecified atom stereocenters. The summed E-state index contributed by atoms with van der Waals surface area (Å²) in [6, 6.07) is -0.772. The van der Waals surface area contributed by atoms with Gasteiger partial charge >= 0.3 is 11.9 Å². The molecule has 2 N–H and O–H groups in total. The maximum Gasteiger partial charge on any atom is 0.321 e. The molecule has 0 aliphatic heterocycles. The Morgan fingerprint density at radius 2 is 2.00 bits per heavy atom. The zero-order valence-electron chi connectivity index (χ0n) is 7.94. The van der Waals surface area contributed by atoms with Crippen LogP contribution in [0.3, 0.4) is 0 Å². The molecule has 0 rings (SSSR count). The van der Waals surface area contributed by atoms with Gasteiger partial charge in [0.05, 0.1) is 0 Å². The van der Waals surface area contributed by atoms with Gasteiger partial charge in [0.25, 0.3) is 0 Å². The fourth-order valence-corrected chi connectivity index (χ4v) is 1.75. The number of rotatable bonds is 7. The van der Waals surface area contributed by atoms with Crippen molar-refractivity contribution in [3.05, 3.63) is 0 Å². The Hall–Kier alpha value is -0.620. The number of aliphatic carboxylic acids is 2. The van der Waals surface area contributed by atoms with Crippen molar-refractivity contribution in [1.82, 2.24) is 3.93 Å². The number of hydrogen-bond acceptors (Lipinski definition) is 3. The van der Waals surface area contributed by atoms with Crippen LogP contribution in [0.25, 0.3) is 0 Å². The summed E-state index contributed by atoms with van der Waals surface area (Å²) in [6.07, 6.45) is 0.779. The largest absolute Gasteiger partial charge is 0.481 e. The van der Waals surface area contributed by atoms with E-state index >= 15 is 0 Å². The molecule has 82 valence electrons. The molecule has 0 radical (unpaired) electrons. The molecule has 0 saturated heterocycles. The van der Waals surface area contributed by atoms with E-state index in [4.69, 9.17) is 10.2 Å². The minimum Gasteiger partial charge on any atom is -0.481 e. The van der Waals surface area contributed by atoms with Gasteiger partial charge in [-0.05, 0) is 12.8 Å². The van der Waals surface area contributed by atoms with Crippen molar-refractivity contribution < 1.29 is 19.8 Å². The number of carboxylic acid groups (broad SMARTS) is 2. The van der Waals surface area contributed by atoms with E-state index in [2.05, 4.69) is 16.1 Å². The van der Waals surface area contributed by atoms with Gasteiger partial charge in [0, 0.05) is 29.1 Å². The third-order valence-electron chi connectivity index (χ3n) is 1.69. The van der Waals surface area contributed by atoms with Crippen molar-refractivity contribution >= 4 is 28.1 Å². The van der Waals surface area contributed by atoms with Crippen LogP contribution in [0.15, 0.2) is 0 Å². The summed E-state index contributed by atoms with van der Waals surface area (Å²) in [5.41, 5.74) is 0. The number of hydrogen-bond donors (Lipinski definition) is 2. The fraction of sp³-hybridized carbons (Fsp3) is 0.750. The number of halogens is 1. The highest BCUT2D eigenvalue weighted by atomic mass is 79.9. The van der Waals surface area contributed by atoms with Crippen LogP contribution >= 0.6 is 16.1 Å². The lowest BCUT2D eigenvalue weighted by molar-refractivity contribution is -0.142. The van der Waals surface area contributed by atoms with Gasteiger partial charge in [-0.3, -0.25) is 9.59 Å². The minimum atomic E-state index is -1.00. The summed E-state index contributed by atoms with van der Waals surface area (Å²) < 4.78 is 1.48. The van der Waals surface area contributed by atoms with Crippen LogP contribution in [0, 0.1) is 0 Å². The van der Waals surface area contributed by atoms with E-state index in [-0.39, 0.29) is 12.8 Å². The van der Waals surface area contributed by atoms with Crippen molar-refractivity contribution in [2.45, 2.75) is 32.2 Å². The Morgan fingerprint density at radius 3 is 2.36 bits per heavy atom. The van der Waals surface area contributed by atoms with Gasteiger partial charge in [-0.2, -0.15) is 0 Å². The van der Waals surface area contributed by atoms with E-state index in [1.54, 1.807) is 0 Å². The Kier molecular flexibility index (Phi) is 6.48. The average Bonchev–Trinajstić information content (AvgIpc) is 2.03. The lowest BCUT2D eigenvalue weighted by Crippen LogP contribution is -2.35. The number of carbonyl (C=O) groups is 2. The van der Waals surface area contributed by atoms with Crippen LogP contribution < -0.4 is 0 Å². The van der Waals surface area contributed by atoms with Crippen LogP contribution in [0.1, 0.15) is 26.2 Å². The molecule has 0 spiro atoms. The maximum absolute atomic E-state index is 10.8. The van der Waals surface area contributed by atoms with Gasteiger partial charge in [-0.1, -0.05) is 6.92 Å². The zero-order chi connectivity index (χ0) is 11.1. The monoisotopic (exact) mass is 267 g/mol. The number of nitrogens with zero attached hydrogens (tertiary/aromatic N) is 1. The first-order valence-electron chi connectivity index (χ1n) is 4.36. The first-order chi connectivity index (χ1) is 6.49. The molecule has 0 amide bonds.